The summed E-state index contributed by atoms with van der Waals surface area (Å²) in [4.78, 5) is 27.0. The van der Waals surface area contributed by atoms with Crippen LogP contribution in [0.25, 0.3) is 0 Å². The minimum atomic E-state index is -0.459. The number of hydrogen-bond acceptors (Lipinski definition) is 5. The summed E-state index contributed by atoms with van der Waals surface area (Å²) >= 11 is 0. The average Bonchev–Trinajstić information content (AvgIpc) is 2.69. The van der Waals surface area contributed by atoms with Crippen molar-refractivity contribution in [3.05, 3.63) is 64.2 Å². The van der Waals surface area contributed by atoms with Crippen LogP contribution in [0.2, 0.25) is 0 Å². The molecular weight excluding hydrogens is 356 g/mol. The van der Waals surface area contributed by atoms with E-state index in [1.54, 1.807) is 12.1 Å². The molecule has 1 heterocycles. The van der Waals surface area contributed by atoms with E-state index in [9.17, 15) is 14.9 Å². The molecule has 7 nitrogen and oxygen atoms in total. The lowest BCUT2D eigenvalue weighted by Gasteiger charge is -2.31. The van der Waals surface area contributed by atoms with Gasteiger partial charge in [0.05, 0.1) is 11.5 Å². The number of nitrogens with zero attached hydrogens (tertiary/aromatic N) is 3. The van der Waals surface area contributed by atoms with Crippen LogP contribution < -0.4 is 10.2 Å². The molecule has 1 saturated heterocycles. The fraction of sp³-hybridized carbons (Fsp3) is 0.381. The first-order valence-corrected chi connectivity index (χ1v) is 9.58. The van der Waals surface area contributed by atoms with Gasteiger partial charge in [-0.25, -0.2) is 0 Å². The van der Waals surface area contributed by atoms with E-state index < -0.39 is 4.92 Å². The topological polar surface area (TPSA) is 78.7 Å². The van der Waals surface area contributed by atoms with E-state index >= 15 is 0 Å². The highest BCUT2D eigenvalue weighted by atomic mass is 16.6. The van der Waals surface area contributed by atoms with Crippen LogP contribution in [0.5, 0.6) is 0 Å². The molecule has 0 aromatic heterocycles. The Kier molecular flexibility index (Phi) is 6.60. The van der Waals surface area contributed by atoms with Crippen molar-refractivity contribution >= 4 is 23.0 Å². The van der Waals surface area contributed by atoms with Crippen LogP contribution in [0.15, 0.2) is 48.5 Å². The van der Waals surface area contributed by atoms with Gasteiger partial charge in [0.15, 0.2) is 0 Å². The number of nitro benzene ring substituents is 1. The van der Waals surface area contributed by atoms with Crippen molar-refractivity contribution in [3.63, 3.8) is 0 Å². The number of likely N-dealkylation sites (N-methyl/N-ethyl adjacent to an activating group) is 1. The zero-order valence-electron chi connectivity index (χ0n) is 16.1. The largest absolute Gasteiger partial charge is 0.371 e. The summed E-state index contributed by atoms with van der Waals surface area (Å²) in [5.74, 6) is -0.146. The normalized spacial score (nSPS) is 14.1. The van der Waals surface area contributed by atoms with Crippen molar-refractivity contribution < 1.29 is 9.72 Å². The smallest absolute Gasteiger partial charge is 0.269 e. The number of carbonyl (C=O) groups is 1. The molecule has 7 heteroatoms. The Labute approximate surface area is 165 Å². The van der Waals surface area contributed by atoms with Crippen LogP contribution in [0.1, 0.15) is 24.8 Å². The van der Waals surface area contributed by atoms with Crippen LogP contribution in [0.3, 0.4) is 0 Å². The second kappa shape index (κ2) is 9.32. The van der Waals surface area contributed by atoms with Crippen LogP contribution in [-0.4, -0.2) is 42.4 Å². The fourth-order valence-corrected chi connectivity index (χ4v) is 3.55. The molecule has 2 aromatic carbocycles. The number of benzene rings is 2. The summed E-state index contributed by atoms with van der Waals surface area (Å²) in [7, 11) is 1.92. The first-order chi connectivity index (χ1) is 13.5. The van der Waals surface area contributed by atoms with Crippen molar-refractivity contribution in [3.8, 4) is 0 Å². The third kappa shape index (κ3) is 5.29. The van der Waals surface area contributed by atoms with Gasteiger partial charge < -0.3 is 10.2 Å². The number of carbonyl (C=O) groups excluding carboxylic acids is 1. The van der Waals surface area contributed by atoms with Gasteiger partial charge in [0, 0.05) is 43.1 Å². The number of piperidine rings is 1. The number of rotatable bonds is 7. The van der Waals surface area contributed by atoms with E-state index in [2.05, 4.69) is 28.4 Å². The molecule has 0 aliphatic carbocycles. The second-order valence-electron chi connectivity index (χ2n) is 7.20. The fourth-order valence-electron chi connectivity index (χ4n) is 3.55. The van der Waals surface area contributed by atoms with E-state index in [0.717, 1.165) is 13.1 Å². The zero-order valence-corrected chi connectivity index (χ0v) is 16.1. The van der Waals surface area contributed by atoms with Gasteiger partial charge in [0.25, 0.3) is 5.69 Å². The predicted molar refractivity (Wildman–Crippen MR) is 111 cm³/mol. The van der Waals surface area contributed by atoms with Gasteiger partial charge in [-0.2, -0.15) is 0 Å². The number of hydrogen-bond donors (Lipinski definition) is 1. The molecule has 0 saturated carbocycles. The number of nitrogens with one attached hydrogen (secondary N) is 1. The molecule has 0 unspecified atom stereocenters. The van der Waals surface area contributed by atoms with Crippen LogP contribution in [0.4, 0.5) is 17.1 Å². The summed E-state index contributed by atoms with van der Waals surface area (Å²) < 4.78 is 0. The minimum Gasteiger partial charge on any atom is -0.371 e. The predicted octanol–water partition coefficient (Wildman–Crippen LogP) is 3.66. The monoisotopic (exact) mass is 382 g/mol. The quantitative estimate of drug-likeness (QED) is 0.584. The first-order valence-electron chi connectivity index (χ1n) is 9.58. The van der Waals surface area contributed by atoms with Gasteiger partial charge in [0.2, 0.25) is 5.91 Å². The number of para-hydroxylation sites is 1. The maximum Gasteiger partial charge on any atom is 0.269 e. The van der Waals surface area contributed by atoms with Crippen molar-refractivity contribution in [2.45, 2.75) is 25.8 Å². The standard InChI is InChI=1S/C21H26N4O3/c1-23(16-21(26)22-18-9-11-19(12-10-18)25(27)28)15-17-7-3-4-8-20(17)24-13-5-2-6-14-24/h3-4,7-12H,2,5-6,13-16H2,1H3,(H,22,26). The minimum absolute atomic E-state index is 0.00411. The van der Waals surface area contributed by atoms with E-state index in [-0.39, 0.29) is 18.1 Å². The average molecular weight is 382 g/mol. The van der Waals surface area contributed by atoms with Crippen molar-refractivity contribution in [1.29, 1.82) is 0 Å². The molecule has 2 aromatic rings. The lowest BCUT2D eigenvalue weighted by atomic mass is 10.1. The van der Waals surface area contributed by atoms with Crippen molar-refractivity contribution in [2.24, 2.45) is 0 Å². The number of anilines is 2. The SMILES string of the molecule is CN(CC(=O)Nc1ccc([N+](=O)[O-])cc1)Cc1ccccc1N1CCCCC1. The number of non-ortho nitro benzene ring substituents is 1. The summed E-state index contributed by atoms with van der Waals surface area (Å²) in [6.07, 6.45) is 3.74. The van der Waals surface area contributed by atoms with E-state index in [0.29, 0.717) is 12.2 Å². The maximum atomic E-state index is 12.3. The molecule has 0 bridgehead atoms. The van der Waals surface area contributed by atoms with E-state index in [1.165, 1.54) is 42.6 Å². The molecule has 1 fully saturated rings. The molecule has 1 amide bonds. The van der Waals surface area contributed by atoms with Gasteiger partial charge >= 0.3 is 0 Å². The third-order valence-corrected chi connectivity index (χ3v) is 4.90. The lowest BCUT2D eigenvalue weighted by Crippen LogP contribution is -2.32. The van der Waals surface area contributed by atoms with Crippen LogP contribution in [0, 0.1) is 10.1 Å². The highest BCUT2D eigenvalue weighted by molar-refractivity contribution is 5.92. The first kappa shape index (κ1) is 19.8. The van der Waals surface area contributed by atoms with Gasteiger partial charge in [0.1, 0.15) is 0 Å². The van der Waals surface area contributed by atoms with Crippen LogP contribution >= 0.6 is 0 Å². The highest BCUT2D eigenvalue weighted by Gasteiger charge is 2.16. The Morgan fingerprint density at radius 2 is 1.79 bits per heavy atom. The maximum absolute atomic E-state index is 12.3. The second-order valence-corrected chi connectivity index (χ2v) is 7.20. The zero-order chi connectivity index (χ0) is 19.9. The van der Waals surface area contributed by atoms with E-state index in [1.807, 2.05) is 18.0 Å². The number of amides is 1. The van der Waals surface area contributed by atoms with Gasteiger partial charge in [-0.1, -0.05) is 18.2 Å². The summed E-state index contributed by atoms with van der Waals surface area (Å²) in [6, 6.07) is 14.2. The molecular formula is C21H26N4O3. The van der Waals surface area contributed by atoms with Gasteiger partial charge in [-0.05, 0) is 50.1 Å². The van der Waals surface area contributed by atoms with E-state index in [4.69, 9.17) is 0 Å². The third-order valence-electron chi connectivity index (χ3n) is 4.90. The highest BCUT2D eigenvalue weighted by Crippen LogP contribution is 2.25. The van der Waals surface area contributed by atoms with Crippen LogP contribution in [-0.2, 0) is 11.3 Å². The molecule has 148 valence electrons. The van der Waals surface area contributed by atoms with Crippen molar-refractivity contribution in [1.82, 2.24) is 4.90 Å². The molecule has 3 rings (SSSR count). The lowest BCUT2D eigenvalue weighted by molar-refractivity contribution is -0.384. The Morgan fingerprint density at radius 1 is 1.11 bits per heavy atom. The Hall–Kier alpha value is -2.93. The molecule has 1 aliphatic rings. The summed E-state index contributed by atoms with van der Waals surface area (Å²) in [5, 5.41) is 13.5. The molecule has 0 spiro atoms. The Morgan fingerprint density at radius 3 is 2.46 bits per heavy atom. The Balaban J connectivity index is 1.57. The Bertz CT molecular complexity index is 817. The molecule has 0 radical (unpaired) electrons. The molecule has 0 atom stereocenters. The molecule has 1 N–H and O–H groups in total. The number of nitro groups is 1. The van der Waals surface area contributed by atoms with Crippen molar-refractivity contribution in [2.75, 3.05) is 36.9 Å². The van der Waals surface area contributed by atoms with Gasteiger partial charge in [-0.3, -0.25) is 19.8 Å². The summed E-state index contributed by atoms with van der Waals surface area (Å²) in [5.41, 5.74) is 3.03. The molecule has 28 heavy (non-hydrogen) atoms. The molecule has 1 aliphatic heterocycles. The summed E-state index contributed by atoms with van der Waals surface area (Å²) in [6.45, 7) is 3.09. The van der Waals surface area contributed by atoms with Gasteiger partial charge in [-0.15, -0.1) is 0 Å².